The van der Waals surface area contributed by atoms with Crippen molar-refractivity contribution in [1.29, 1.82) is 0 Å². The molecule has 0 aromatic heterocycles. The van der Waals surface area contributed by atoms with Crippen LogP contribution in [0.3, 0.4) is 0 Å². The highest BCUT2D eigenvalue weighted by molar-refractivity contribution is 9.10. The van der Waals surface area contributed by atoms with Gasteiger partial charge in [0.15, 0.2) is 0 Å². The molecule has 1 aromatic rings. The predicted octanol–water partition coefficient (Wildman–Crippen LogP) is 3.97. The summed E-state index contributed by atoms with van der Waals surface area (Å²) in [7, 11) is 0. The fourth-order valence-corrected chi connectivity index (χ4v) is 2.44. The molecule has 0 spiro atoms. The molecule has 21 heavy (non-hydrogen) atoms. The second kappa shape index (κ2) is 7.27. The summed E-state index contributed by atoms with van der Waals surface area (Å²) < 4.78 is 0.626. The van der Waals surface area contributed by atoms with Crippen molar-refractivity contribution in [3.8, 4) is 0 Å². The van der Waals surface area contributed by atoms with Crippen molar-refractivity contribution in [2.24, 2.45) is 11.3 Å². The summed E-state index contributed by atoms with van der Waals surface area (Å²) in [5.41, 5.74) is 0.322. The molecule has 2 N–H and O–H groups in total. The number of nitrogens with one attached hydrogen (secondary N) is 1. The number of carbonyl (C=O) groups excluding carboxylic acids is 1. The zero-order chi connectivity index (χ0) is 16.2. The van der Waals surface area contributed by atoms with Crippen molar-refractivity contribution in [1.82, 2.24) is 5.32 Å². The summed E-state index contributed by atoms with van der Waals surface area (Å²) >= 11 is 9.12. The molecule has 1 unspecified atom stereocenters. The lowest BCUT2D eigenvalue weighted by Gasteiger charge is -2.23. The van der Waals surface area contributed by atoms with Crippen LogP contribution in [0, 0.1) is 11.3 Å². The van der Waals surface area contributed by atoms with Crippen molar-refractivity contribution in [3.05, 3.63) is 33.3 Å². The van der Waals surface area contributed by atoms with E-state index in [1.54, 1.807) is 18.2 Å². The van der Waals surface area contributed by atoms with Crippen molar-refractivity contribution in [2.75, 3.05) is 6.54 Å². The average molecular weight is 377 g/mol. The molecule has 1 aromatic carbocycles. The molecule has 0 heterocycles. The van der Waals surface area contributed by atoms with Crippen LogP contribution in [0.2, 0.25) is 5.02 Å². The van der Waals surface area contributed by atoms with E-state index in [-0.39, 0.29) is 17.9 Å². The Morgan fingerprint density at radius 1 is 1.38 bits per heavy atom. The first kappa shape index (κ1) is 18.0. The Kier molecular flexibility index (Phi) is 6.23. The Bertz CT molecular complexity index is 540. The summed E-state index contributed by atoms with van der Waals surface area (Å²) in [6.07, 6.45) is 0.493. The lowest BCUT2D eigenvalue weighted by Crippen LogP contribution is -2.35. The van der Waals surface area contributed by atoms with Gasteiger partial charge < -0.3 is 10.4 Å². The minimum atomic E-state index is -0.900. The van der Waals surface area contributed by atoms with Crippen molar-refractivity contribution < 1.29 is 14.7 Å². The summed E-state index contributed by atoms with van der Waals surface area (Å²) in [5, 5.41) is 12.4. The molecular weight excluding hydrogens is 358 g/mol. The molecule has 0 bridgehead atoms. The number of halogens is 2. The number of carbonyl (C=O) groups is 2. The van der Waals surface area contributed by atoms with Gasteiger partial charge in [-0.3, -0.25) is 9.59 Å². The van der Waals surface area contributed by atoms with E-state index in [0.717, 1.165) is 0 Å². The van der Waals surface area contributed by atoms with Gasteiger partial charge in [-0.1, -0.05) is 32.4 Å². The number of benzene rings is 1. The van der Waals surface area contributed by atoms with E-state index >= 15 is 0 Å². The standard InChI is InChI=1S/C15H19BrClNO3/c1-15(2,3)7-10(14(20)21)8-18-13(19)9-4-5-12(17)11(16)6-9/h4-6,10H,7-8H2,1-3H3,(H,18,19)(H,20,21). The Hall–Kier alpha value is -1.07. The fourth-order valence-electron chi connectivity index (χ4n) is 1.94. The van der Waals surface area contributed by atoms with Crippen molar-refractivity contribution >= 4 is 39.4 Å². The molecule has 0 fully saturated rings. The number of rotatable bonds is 5. The lowest BCUT2D eigenvalue weighted by atomic mass is 9.84. The van der Waals surface area contributed by atoms with E-state index in [1.165, 1.54) is 0 Å². The van der Waals surface area contributed by atoms with Crippen LogP contribution in [-0.2, 0) is 4.79 Å². The third-order valence-corrected chi connectivity index (χ3v) is 4.11. The molecule has 0 aliphatic carbocycles. The van der Waals surface area contributed by atoms with E-state index in [0.29, 0.717) is 21.5 Å². The molecule has 6 heteroatoms. The first-order chi connectivity index (χ1) is 9.60. The molecule has 0 aliphatic heterocycles. The van der Waals surface area contributed by atoms with Crippen LogP contribution in [0.1, 0.15) is 37.6 Å². The Labute approximate surface area is 138 Å². The Morgan fingerprint density at radius 3 is 2.48 bits per heavy atom. The molecule has 0 saturated carbocycles. The van der Waals surface area contributed by atoms with Crippen LogP contribution >= 0.6 is 27.5 Å². The van der Waals surface area contributed by atoms with Crippen LogP contribution in [0.15, 0.2) is 22.7 Å². The van der Waals surface area contributed by atoms with Gasteiger partial charge in [-0.2, -0.15) is 0 Å². The SMILES string of the molecule is CC(C)(C)CC(CNC(=O)c1ccc(Cl)c(Br)c1)C(=O)O. The van der Waals surface area contributed by atoms with Crippen LogP contribution in [0.4, 0.5) is 0 Å². The number of hydrogen-bond acceptors (Lipinski definition) is 2. The first-order valence-corrected chi connectivity index (χ1v) is 7.73. The zero-order valence-electron chi connectivity index (χ0n) is 12.2. The molecule has 116 valence electrons. The monoisotopic (exact) mass is 375 g/mol. The first-order valence-electron chi connectivity index (χ1n) is 6.56. The average Bonchev–Trinajstić information content (AvgIpc) is 2.35. The molecule has 4 nitrogen and oxygen atoms in total. The second-order valence-corrected chi connectivity index (χ2v) is 7.40. The molecule has 1 amide bonds. The van der Waals surface area contributed by atoms with Gasteiger partial charge in [-0.25, -0.2) is 0 Å². The fraction of sp³-hybridized carbons (Fsp3) is 0.467. The van der Waals surface area contributed by atoms with E-state index in [4.69, 9.17) is 11.6 Å². The van der Waals surface area contributed by atoms with Gasteiger partial charge >= 0.3 is 5.97 Å². The van der Waals surface area contributed by atoms with E-state index in [1.807, 2.05) is 20.8 Å². The Balaban J connectivity index is 2.69. The van der Waals surface area contributed by atoms with E-state index < -0.39 is 11.9 Å². The second-order valence-electron chi connectivity index (χ2n) is 6.14. The third-order valence-electron chi connectivity index (χ3n) is 2.90. The molecule has 0 saturated heterocycles. The van der Waals surface area contributed by atoms with Crippen molar-refractivity contribution in [2.45, 2.75) is 27.2 Å². The van der Waals surface area contributed by atoms with Crippen LogP contribution in [0.25, 0.3) is 0 Å². The molecule has 1 rings (SSSR count). The smallest absolute Gasteiger partial charge is 0.308 e. The highest BCUT2D eigenvalue weighted by atomic mass is 79.9. The largest absolute Gasteiger partial charge is 0.481 e. The number of amides is 1. The van der Waals surface area contributed by atoms with Crippen molar-refractivity contribution in [3.63, 3.8) is 0 Å². The minimum absolute atomic E-state index is 0.103. The van der Waals surface area contributed by atoms with Gasteiger partial charge in [0.1, 0.15) is 0 Å². The third kappa shape index (κ3) is 6.06. The van der Waals surface area contributed by atoms with E-state index in [9.17, 15) is 14.7 Å². The van der Waals surface area contributed by atoms with Gasteiger partial charge in [-0.05, 0) is 46.0 Å². The van der Waals surface area contributed by atoms with Gasteiger partial charge in [0.25, 0.3) is 5.91 Å². The molecule has 0 radical (unpaired) electrons. The maximum atomic E-state index is 12.0. The van der Waals surface area contributed by atoms with Crippen LogP contribution < -0.4 is 5.32 Å². The highest BCUT2D eigenvalue weighted by Gasteiger charge is 2.25. The number of aliphatic carboxylic acids is 1. The quantitative estimate of drug-likeness (QED) is 0.817. The predicted molar refractivity (Wildman–Crippen MR) is 86.7 cm³/mol. The summed E-state index contributed by atoms with van der Waals surface area (Å²) in [6, 6.07) is 4.82. The van der Waals surface area contributed by atoms with Gasteiger partial charge in [0.05, 0.1) is 10.9 Å². The van der Waals surface area contributed by atoms with Gasteiger partial charge in [-0.15, -0.1) is 0 Å². The van der Waals surface area contributed by atoms with Gasteiger partial charge in [0.2, 0.25) is 0 Å². The van der Waals surface area contributed by atoms with Crippen LogP contribution in [-0.4, -0.2) is 23.5 Å². The topological polar surface area (TPSA) is 66.4 Å². The number of carboxylic acids is 1. The minimum Gasteiger partial charge on any atom is -0.481 e. The number of hydrogen-bond donors (Lipinski definition) is 2. The molecule has 1 atom stereocenters. The molecule has 0 aliphatic rings. The normalized spacial score (nSPS) is 12.8. The maximum Gasteiger partial charge on any atom is 0.308 e. The zero-order valence-corrected chi connectivity index (χ0v) is 14.6. The summed E-state index contributed by atoms with van der Waals surface area (Å²) in [4.78, 5) is 23.3. The Morgan fingerprint density at radius 2 is 2.00 bits per heavy atom. The van der Waals surface area contributed by atoms with Gasteiger partial charge in [0, 0.05) is 16.6 Å². The lowest BCUT2D eigenvalue weighted by molar-refractivity contribution is -0.142. The number of carboxylic acid groups (broad SMARTS) is 1. The summed E-state index contributed by atoms with van der Waals surface area (Å²) in [6.45, 7) is 6.02. The molecular formula is C15H19BrClNO3. The van der Waals surface area contributed by atoms with E-state index in [2.05, 4.69) is 21.2 Å². The highest BCUT2D eigenvalue weighted by Crippen LogP contribution is 2.25. The maximum absolute atomic E-state index is 12.0. The van der Waals surface area contributed by atoms with Crippen LogP contribution in [0.5, 0.6) is 0 Å². The summed E-state index contributed by atoms with van der Waals surface area (Å²) in [5.74, 6) is -1.82.